The molecule has 98 valence electrons. The van der Waals surface area contributed by atoms with Crippen LogP contribution >= 0.6 is 0 Å². The van der Waals surface area contributed by atoms with Crippen molar-refractivity contribution < 1.29 is 4.92 Å². The molecule has 1 aromatic carbocycles. The fraction of sp³-hybridized carbons (Fsp3) is 0.308. The van der Waals surface area contributed by atoms with Gasteiger partial charge >= 0.3 is 5.69 Å². The summed E-state index contributed by atoms with van der Waals surface area (Å²) in [6.45, 7) is 0.449. The van der Waals surface area contributed by atoms with Gasteiger partial charge in [0.25, 0.3) is 0 Å². The number of benzene rings is 1. The molecule has 1 saturated carbocycles. The monoisotopic (exact) mass is 258 g/mol. The van der Waals surface area contributed by atoms with Gasteiger partial charge in [-0.15, -0.1) is 0 Å². The quantitative estimate of drug-likeness (QED) is 0.673. The van der Waals surface area contributed by atoms with Gasteiger partial charge in [-0.05, 0) is 29.9 Å². The molecule has 0 spiro atoms. The van der Waals surface area contributed by atoms with Crippen LogP contribution in [-0.4, -0.2) is 14.7 Å². The number of nitrogens with two attached hydrogens (primary N) is 1. The molecule has 0 radical (unpaired) electrons. The minimum absolute atomic E-state index is 0.0938. The first kappa shape index (κ1) is 11.7. The normalized spacial score (nSPS) is 14.5. The zero-order valence-electron chi connectivity index (χ0n) is 10.3. The summed E-state index contributed by atoms with van der Waals surface area (Å²) in [5, 5.41) is 14.6. The second-order valence-electron chi connectivity index (χ2n) is 4.85. The predicted octanol–water partition coefficient (Wildman–Crippen LogP) is 2.30. The average molecular weight is 258 g/mol. The predicted molar refractivity (Wildman–Crippen MR) is 70.8 cm³/mol. The molecule has 1 fully saturated rings. The Morgan fingerprint density at radius 1 is 1.37 bits per heavy atom. The fourth-order valence-corrected chi connectivity index (χ4v) is 2.14. The van der Waals surface area contributed by atoms with Gasteiger partial charge in [0.1, 0.15) is 6.20 Å². The molecule has 0 amide bonds. The number of rotatable bonds is 4. The Hall–Kier alpha value is -2.37. The Kier molecular flexibility index (Phi) is 2.70. The van der Waals surface area contributed by atoms with E-state index >= 15 is 0 Å². The van der Waals surface area contributed by atoms with E-state index in [0.29, 0.717) is 6.54 Å². The van der Waals surface area contributed by atoms with Crippen LogP contribution in [0.2, 0.25) is 0 Å². The van der Waals surface area contributed by atoms with E-state index in [1.165, 1.54) is 29.3 Å². The Balaban J connectivity index is 1.78. The maximum Gasteiger partial charge on any atom is 0.330 e. The van der Waals surface area contributed by atoms with Crippen LogP contribution in [0.5, 0.6) is 0 Å². The van der Waals surface area contributed by atoms with Crippen LogP contribution in [0.15, 0.2) is 30.5 Å². The number of anilines is 1. The number of nitro groups is 1. The van der Waals surface area contributed by atoms with Crippen LogP contribution < -0.4 is 5.73 Å². The number of aromatic nitrogens is 2. The number of hydrogen-bond acceptors (Lipinski definition) is 4. The lowest BCUT2D eigenvalue weighted by atomic mass is 10.1. The van der Waals surface area contributed by atoms with E-state index in [4.69, 9.17) is 5.73 Å². The zero-order chi connectivity index (χ0) is 13.4. The lowest BCUT2D eigenvalue weighted by molar-refractivity contribution is -0.384. The van der Waals surface area contributed by atoms with Crippen LogP contribution in [0.4, 0.5) is 11.5 Å². The minimum atomic E-state index is -0.519. The van der Waals surface area contributed by atoms with Crippen LogP contribution in [0.3, 0.4) is 0 Å². The van der Waals surface area contributed by atoms with Crippen molar-refractivity contribution in [2.75, 3.05) is 5.73 Å². The molecule has 19 heavy (non-hydrogen) atoms. The van der Waals surface area contributed by atoms with E-state index in [1.54, 1.807) is 0 Å². The molecule has 3 rings (SSSR count). The molecular weight excluding hydrogens is 244 g/mol. The summed E-state index contributed by atoms with van der Waals surface area (Å²) in [7, 11) is 0. The summed E-state index contributed by atoms with van der Waals surface area (Å²) in [5.41, 5.74) is 7.96. The zero-order valence-corrected chi connectivity index (χ0v) is 10.3. The van der Waals surface area contributed by atoms with Gasteiger partial charge in [-0.1, -0.05) is 24.3 Å². The minimum Gasteiger partial charge on any atom is -0.378 e. The van der Waals surface area contributed by atoms with Gasteiger partial charge in [-0.25, -0.2) is 4.68 Å². The van der Waals surface area contributed by atoms with Crippen LogP contribution in [0.1, 0.15) is 29.9 Å². The SMILES string of the molecule is Nc1c([N+](=O)[O-])cnn1Cc1ccc(C2CC2)cc1. The highest BCUT2D eigenvalue weighted by Gasteiger charge is 2.23. The van der Waals surface area contributed by atoms with Crippen molar-refractivity contribution in [2.24, 2.45) is 0 Å². The molecule has 6 nitrogen and oxygen atoms in total. The Morgan fingerprint density at radius 2 is 2.05 bits per heavy atom. The maximum absolute atomic E-state index is 10.7. The van der Waals surface area contributed by atoms with E-state index in [9.17, 15) is 10.1 Å². The first-order valence-electron chi connectivity index (χ1n) is 6.19. The van der Waals surface area contributed by atoms with Crippen LogP contribution in [-0.2, 0) is 6.54 Å². The lowest BCUT2D eigenvalue weighted by Gasteiger charge is -2.05. The molecular formula is C13H14N4O2. The van der Waals surface area contributed by atoms with Gasteiger partial charge in [0, 0.05) is 0 Å². The fourth-order valence-electron chi connectivity index (χ4n) is 2.14. The summed E-state index contributed by atoms with van der Waals surface area (Å²) in [5.74, 6) is 0.821. The van der Waals surface area contributed by atoms with Crippen LogP contribution in [0, 0.1) is 10.1 Å². The molecule has 1 heterocycles. The molecule has 2 N–H and O–H groups in total. The average Bonchev–Trinajstić information content (AvgIpc) is 3.17. The Labute approximate surface area is 110 Å². The van der Waals surface area contributed by atoms with E-state index < -0.39 is 4.92 Å². The highest BCUT2D eigenvalue weighted by Crippen LogP contribution is 2.39. The lowest BCUT2D eigenvalue weighted by Crippen LogP contribution is -2.06. The third-order valence-electron chi connectivity index (χ3n) is 3.42. The van der Waals surface area contributed by atoms with Crippen molar-refractivity contribution in [2.45, 2.75) is 25.3 Å². The molecule has 2 aromatic rings. The summed E-state index contributed by atoms with van der Waals surface area (Å²) >= 11 is 0. The third kappa shape index (κ3) is 2.29. The number of nitrogens with zero attached hydrogens (tertiary/aromatic N) is 3. The molecule has 1 aliphatic rings. The van der Waals surface area contributed by atoms with Crippen molar-refractivity contribution in [1.82, 2.24) is 9.78 Å². The van der Waals surface area contributed by atoms with E-state index in [-0.39, 0.29) is 11.5 Å². The second-order valence-corrected chi connectivity index (χ2v) is 4.85. The summed E-state index contributed by atoms with van der Waals surface area (Å²) in [6, 6.07) is 8.28. The molecule has 1 aliphatic carbocycles. The van der Waals surface area contributed by atoms with Crippen molar-refractivity contribution in [3.8, 4) is 0 Å². The van der Waals surface area contributed by atoms with Crippen molar-refractivity contribution in [3.05, 3.63) is 51.7 Å². The molecule has 0 saturated heterocycles. The van der Waals surface area contributed by atoms with Crippen molar-refractivity contribution in [3.63, 3.8) is 0 Å². The van der Waals surface area contributed by atoms with Gasteiger partial charge in [0.15, 0.2) is 0 Å². The summed E-state index contributed by atoms with van der Waals surface area (Å²) in [6.07, 6.45) is 3.74. The molecule has 6 heteroatoms. The smallest absolute Gasteiger partial charge is 0.330 e. The standard InChI is InChI=1S/C13H14N4O2/c14-13-12(17(18)19)7-15-16(13)8-9-1-3-10(4-2-9)11-5-6-11/h1-4,7,11H,5-6,8,14H2. The largest absolute Gasteiger partial charge is 0.378 e. The van der Waals surface area contributed by atoms with Crippen molar-refractivity contribution in [1.29, 1.82) is 0 Å². The Bertz CT molecular complexity index is 614. The van der Waals surface area contributed by atoms with Gasteiger partial charge < -0.3 is 5.73 Å². The Morgan fingerprint density at radius 3 is 2.58 bits per heavy atom. The van der Waals surface area contributed by atoms with E-state index in [1.807, 2.05) is 12.1 Å². The summed E-state index contributed by atoms with van der Waals surface area (Å²) in [4.78, 5) is 10.2. The van der Waals surface area contributed by atoms with Gasteiger partial charge in [0.05, 0.1) is 11.5 Å². The molecule has 1 aromatic heterocycles. The molecule has 0 atom stereocenters. The number of nitrogen functional groups attached to an aromatic ring is 1. The first-order chi connectivity index (χ1) is 9.15. The second kappa shape index (κ2) is 4.38. The highest BCUT2D eigenvalue weighted by molar-refractivity contribution is 5.51. The van der Waals surface area contributed by atoms with Gasteiger partial charge in [-0.3, -0.25) is 10.1 Å². The highest BCUT2D eigenvalue weighted by atomic mass is 16.6. The van der Waals surface area contributed by atoms with Crippen LogP contribution in [0.25, 0.3) is 0 Å². The third-order valence-corrected chi connectivity index (χ3v) is 3.42. The first-order valence-corrected chi connectivity index (χ1v) is 6.19. The van der Waals surface area contributed by atoms with E-state index in [0.717, 1.165) is 11.5 Å². The van der Waals surface area contributed by atoms with E-state index in [2.05, 4.69) is 17.2 Å². The van der Waals surface area contributed by atoms with Crippen molar-refractivity contribution >= 4 is 11.5 Å². The van der Waals surface area contributed by atoms with Gasteiger partial charge in [-0.2, -0.15) is 5.10 Å². The summed E-state index contributed by atoms with van der Waals surface area (Å²) < 4.78 is 1.45. The molecule has 0 bridgehead atoms. The number of hydrogen-bond donors (Lipinski definition) is 1. The van der Waals surface area contributed by atoms with Gasteiger partial charge in [0.2, 0.25) is 5.82 Å². The molecule has 0 unspecified atom stereocenters. The molecule has 0 aliphatic heterocycles. The topological polar surface area (TPSA) is 87.0 Å². The maximum atomic E-state index is 10.7.